The molecule has 0 spiro atoms. The van der Waals surface area contributed by atoms with E-state index < -0.39 is 0 Å². The Bertz CT molecular complexity index is 273. The van der Waals surface area contributed by atoms with Gasteiger partial charge in [-0.2, -0.15) is 0 Å². The van der Waals surface area contributed by atoms with E-state index in [1.54, 1.807) is 6.20 Å². The average molecular weight is 228 g/mol. The Morgan fingerprint density at radius 2 is 2.33 bits per heavy atom. The molecule has 2 nitrogen and oxygen atoms in total. The molecule has 1 saturated carbocycles. The fraction of sp³-hybridized carbons (Fsp3) is 0.444. The minimum atomic E-state index is 0.409. The Morgan fingerprint density at radius 1 is 1.50 bits per heavy atom. The van der Waals surface area contributed by atoms with Crippen LogP contribution in [0.1, 0.15) is 19.3 Å². The van der Waals surface area contributed by atoms with Crippen molar-refractivity contribution in [3.05, 3.63) is 22.8 Å². The van der Waals surface area contributed by atoms with Gasteiger partial charge in [-0.05, 0) is 25.3 Å². The van der Waals surface area contributed by atoms with Gasteiger partial charge in [0.2, 0.25) is 5.88 Å². The largest absolute Gasteiger partial charge is 0.474 e. The van der Waals surface area contributed by atoms with Gasteiger partial charge in [0.15, 0.2) is 0 Å². The van der Waals surface area contributed by atoms with Crippen molar-refractivity contribution in [1.82, 2.24) is 4.98 Å². The first-order valence-electron chi connectivity index (χ1n) is 4.13. The van der Waals surface area contributed by atoms with E-state index in [2.05, 4.69) is 20.9 Å². The predicted octanol–water partition coefficient (Wildman–Crippen LogP) is 2.78. The molecule has 0 bridgehead atoms. The fourth-order valence-corrected chi connectivity index (χ4v) is 1.42. The number of nitrogens with zero attached hydrogens (tertiary/aromatic N) is 1. The van der Waals surface area contributed by atoms with Gasteiger partial charge in [0.25, 0.3) is 0 Å². The summed E-state index contributed by atoms with van der Waals surface area (Å²) in [7, 11) is 0. The summed E-state index contributed by atoms with van der Waals surface area (Å²) < 4.78 is 6.61. The molecular formula is C9H10BrNO. The highest BCUT2D eigenvalue weighted by Crippen LogP contribution is 2.24. The third-order valence-corrected chi connectivity index (χ3v) is 2.53. The molecule has 1 aliphatic carbocycles. The van der Waals surface area contributed by atoms with Crippen LogP contribution in [0.2, 0.25) is 0 Å². The Kier molecular flexibility index (Phi) is 2.30. The minimum Gasteiger partial charge on any atom is -0.474 e. The molecule has 64 valence electrons. The van der Waals surface area contributed by atoms with Gasteiger partial charge in [0.1, 0.15) is 6.10 Å². The van der Waals surface area contributed by atoms with E-state index in [9.17, 15) is 0 Å². The highest BCUT2D eigenvalue weighted by molar-refractivity contribution is 9.10. The molecule has 1 aromatic heterocycles. The van der Waals surface area contributed by atoms with Crippen LogP contribution < -0.4 is 4.74 Å². The van der Waals surface area contributed by atoms with Crippen molar-refractivity contribution >= 4 is 15.9 Å². The Morgan fingerprint density at radius 3 is 2.92 bits per heavy atom. The summed E-state index contributed by atoms with van der Waals surface area (Å²) in [5.41, 5.74) is 0. The van der Waals surface area contributed by atoms with Crippen molar-refractivity contribution in [2.24, 2.45) is 0 Å². The third-order valence-electron chi connectivity index (χ3n) is 2.04. The van der Waals surface area contributed by atoms with Crippen LogP contribution in [0.5, 0.6) is 5.88 Å². The standard InChI is InChI=1S/C9H10BrNO/c10-7-4-5-11-9(6-7)12-8-2-1-3-8/h4-6,8H,1-3H2. The zero-order valence-corrected chi connectivity index (χ0v) is 8.25. The number of pyridine rings is 1. The summed E-state index contributed by atoms with van der Waals surface area (Å²) in [5, 5.41) is 0. The number of hydrogen-bond donors (Lipinski definition) is 0. The molecule has 0 amide bonds. The van der Waals surface area contributed by atoms with Gasteiger partial charge in [-0.1, -0.05) is 15.9 Å². The monoisotopic (exact) mass is 227 g/mol. The van der Waals surface area contributed by atoms with Crippen LogP contribution in [0, 0.1) is 0 Å². The molecule has 1 aliphatic rings. The van der Waals surface area contributed by atoms with Crippen LogP contribution in [0.25, 0.3) is 0 Å². The molecular weight excluding hydrogens is 218 g/mol. The smallest absolute Gasteiger partial charge is 0.214 e. The van der Waals surface area contributed by atoms with E-state index in [1.165, 1.54) is 19.3 Å². The van der Waals surface area contributed by atoms with E-state index in [0.29, 0.717) is 6.10 Å². The molecule has 1 aromatic rings. The number of aromatic nitrogens is 1. The Balaban J connectivity index is 2.02. The molecule has 0 unspecified atom stereocenters. The Hall–Kier alpha value is -0.570. The number of ether oxygens (including phenoxy) is 1. The van der Waals surface area contributed by atoms with Crippen LogP contribution in [0.15, 0.2) is 22.8 Å². The molecule has 1 heterocycles. The second-order valence-corrected chi connectivity index (χ2v) is 3.90. The second kappa shape index (κ2) is 3.44. The van der Waals surface area contributed by atoms with Crippen molar-refractivity contribution in [3.63, 3.8) is 0 Å². The van der Waals surface area contributed by atoms with Crippen molar-refractivity contribution in [2.75, 3.05) is 0 Å². The van der Waals surface area contributed by atoms with E-state index >= 15 is 0 Å². The molecule has 0 N–H and O–H groups in total. The summed E-state index contributed by atoms with van der Waals surface area (Å²) in [4.78, 5) is 4.11. The fourth-order valence-electron chi connectivity index (χ4n) is 1.11. The first kappa shape index (κ1) is 8.05. The second-order valence-electron chi connectivity index (χ2n) is 2.98. The summed E-state index contributed by atoms with van der Waals surface area (Å²) in [6.45, 7) is 0. The summed E-state index contributed by atoms with van der Waals surface area (Å²) in [5.74, 6) is 0.731. The van der Waals surface area contributed by atoms with E-state index in [4.69, 9.17) is 4.74 Å². The van der Waals surface area contributed by atoms with Crippen LogP contribution in [0.3, 0.4) is 0 Å². The number of rotatable bonds is 2. The number of halogens is 1. The summed E-state index contributed by atoms with van der Waals surface area (Å²) in [6.07, 6.45) is 5.80. The molecule has 3 heteroatoms. The maximum Gasteiger partial charge on any atom is 0.214 e. The summed E-state index contributed by atoms with van der Waals surface area (Å²) in [6, 6.07) is 3.80. The molecule has 12 heavy (non-hydrogen) atoms. The maximum absolute atomic E-state index is 5.59. The van der Waals surface area contributed by atoms with Crippen LogP contribution in [-0.2, 0) is 0 Å². The molecule has 0 radical (unpaired) electrons. The Labute approximate surface area is 80.1 Å². The van der Waals surface area contributed by atoms with Crippen LogP contribution in [-0.4, -0.2) is 11.1 Å². The van der Waals surface area contributed by atoms with Gasteiger partial charge in [-0.3, -0.25) is 0 Å². The number of hydrogen-bond acceptors (Lipinski definition) is 2. The molecule has 0 aromatic carbocycles. The first-order chi connectivity index (χ1) is 5.84. The normalized spacial score (nSPS) is 17.1. The SMILES string of the molecule is Brc1ccnc(OC2CCC2)c1. The van der Waals surface area contributed by atoms with Gasteiger partial charge in [-0.25, -0.2) is 4.98 Å². The third kappa shape index (κ3) is 1.78. The van der Waals surface area contributed by atoms with Crippen LogP contribution in [0.4, 0.5) is 0 Å². The lowest BCUT2D eigenvalue weighted by molar-refractivity contribution is 0.114. The molecule has 2 rings (SSSR count). The zero-order valence-electron chi connectivity index (χ0n) is 6.66. The van der Waals surface area contributed by atoms with Gasteiger partial charge < -0.3 is 4.74 Å². The lowest BCUT2D eigenvalue weighted by Gasteiger charge is -2.25. The van der Waals surface area contributed by atoms with Crippen molar-refractivity contribution in [3.8, 4) is 5.88 Å². The van der Waals surface area contributed by atoms with Crippen molar-refractivity contribution in [2.45, 2.75) is 25.4 Å². The van der Waals surface area contributed by atoms with Crippen LogP contribution >= 0.6 is 15.9 Å². The summed E-state index contributed by atoms with van der Waals surface area (Å²) >= 11 is 3.37. The minimum absolute atomic E-state index is 0.409. The molecule has 0 saturated heterocycles. The van der Waals surface area contributed by atoms with Gasteiger partial charge >= 0.3 is 0 Å². The maximum atomic E-state index is 5.59. The highest BCUT2D eigenvalue weighted by Gasteiger charge is 2.19. The zero-order chi connectivity index (χ0) is 8.39. The quantitative estimate of drug-likeness (QED) is 0.776. The first-order valence-corrected chi connectivity index (χ1v) is 4.92. The average Bonchev–Trinajstić information content (AvgIpc) is 1.97. The molecule has 0 atom stereocenters. The van der Waals surface area contributed by atoms with Gasteiger partial charge in [0, 0.05) is 16.7 Å². The molecule has 0 aliphatic heterocycles. The lowest BCUT2D eigenvalue weighted by Crippen LogP contribution is -2.24. The van der Waals surface area contributed by atoms with Gasteiger partial charge in [-0.15, -0.1) is 0 Å². The van der Waals surface area contributed by atoms with E-state index in [-0.39, 0.29) is 0 Å². The van der Waals surface area contributed by atoms with E-state index in [0.717, 1.165) is 10.4 Å². The highest BCUT2D eigenvalue weighted by atomic mass is 79.9. The predicted molar refractivity (Wildman–Crippen MR) is 50.2 cm³/mol. The molecule has 1 fully saturated rings. The lowest BCUT2D eigenvalue weighted by atomic mass is 9.96. The van der Waals surface area contributed by atoms with Crippen molar-refractivity contribution < 1.29 is 4.74 Å². The van der Waals surface area contributed by atoms with Crippen molar-refractivity contribution in [1.29, 1.82) is 0 Å². The van der Waals surface area contributed by atoms with E-state index in [1.807, 2.05) is 12.1 Å². The van der Waals surface area contributed by atoms with Gasteiger partial charge in [0.05, 0.1) is 0 Å². The topological polar surface area (TPSA) is 22.1 Å².